The largest absolute Gasteiger partial charge is 0.394 e. The molecule has 0 saturated carbocycles. The Morgan fingerprint density at radius 3 is 1.64 bits per heavy atom. The third-order valence-electron chi connectivity index (χ3n) is 5.44. The van der Waals surface area contributed by atoms with Gasteiger partial charge in [-0.25, -0.2) is 4.98 Å². The number of benzene rings is 1. The monoisotopic (exact) mass is 678 g/mol. The van der Waals surface area contributed by atoms with Gasteiger partial charge < -0.3 is 43.0 Å². The maximum absolute atomic E-state index is 8.66. The van der Waals surface area contributed by atoms with Crippen LogP contribution >= 0.6 is 22.9 Å². The van der Waals surface area contributed by atoms with E-state index in [4.69, 9.17) is 59.4 Å². The number of nitrogens with zero attached hydrogens (tertiary/aromatic N) is 4. The van der Waals surface area contributed by atoms with Crippen LogP contribution in [0.15, 0.2) is 40.7 Å². The van der Waals surface area contributed by atoms with Crippen LogP contribution in [0.1, 0.15) is 6.92 Å². The Balaban J connectivity index is 1.66. The molecule has 16 heteroatoms. The number of anilines is 1. The lowest BCUT2D eigenvalue weighted by molar-refractivity contribution is -0.0171. The highest BCUT2D eigenvalue weighted by Crippen LogP contribution is 2.27. The van der Waals surface area contributed by atoms with Gasteiger partial charge in [-0.15, -0.1) is 10.2 Å². The summed E-state index contributed by atoms with van der Waals surface area (Å²) in [7, 11) is 0. The molecule has 0 radical (unpaired) electrons. The third-order valence-corrected chi connectivity index (χ3v) is 6.44. The number of halogens is 1. The second-order valence-electron chi connectivity index (χ2n) is 8.81. The van der Waals surface area contributed by atoms with Gasteiger partial charge in [-0.2, -0.15) is 0 Å². The van der Waals surface area contributed by atoms with E-state index in [0.717, 1.165) is 5.69 Å². The lowest BCUT2D eigenvalue weighted by atomic mass is 10.3. The van der Waals surface area contributed by atoms with Crippen LogP contribution in [0, 0.1) is 0 Å². The molecule has 0 aliphatic carbocycles. The molecule has 0 saturated heterocycles. The van der Waals surface area contributed by atoms with Crippen molar-refractivity contribution >= 4 is 39.4 Å². The number of aliphatic hydroxyl groups excluding tert-OH is 1. The van der Waals surface area contributed by atoms with Crippen molar-refractivity contribution in [1.29, 1.82) is 0 Å². The number of ether oxygens (including phenoxy) is 8. The zero-order chi connectivity index (χ0) is 32.0. The molecule has 0 fully saturated rings. The summed E-state index contributed by atoms with van der Waals surface area (Å²) in [6.45, 7) is 10.5. The maximum Gasteiger partial charge on any atom is 0.231 e. The molecule has 0 unspecified atom stereocenters. The lowest BCUT2D eigenvalue weighted by Gasteiger charge is -2.24. The summed E-state index contributed by atoms with van der Waals surface area (Å²) in [4.78, 5) is 10.1. The average molecular weight is 679 g/mol. The second-order valence-corrected chi connectivity index (χ2v) is 10.4. The van der Waals surface area contributed by atoms with E-state index in [-0.39, 0.29) is 6.61 Å². The van der Waals surface area contributed by atoms with Gasteiger partial charge in [0.1, 0.15) is 4.34 Å². The Hall–Kier alpha value is -1.86. The standard InChI is InChI=1S/C29H47ClN4O10S/c1-2-36-11-12-39-17-18-42-21-22-43-23-24-44-34(7-9-37-13-15-40-19-20-41-16-14-38-10-8-35)27-5-3-26(4-6-27)32-33-29-31-25-28(30)45-29/h3-6,25,35H,2,7-24H2,1H3/b33-32+. The summed E-state index contributed by atoms with van der Waals surface area (Å²) < 4.78 is 44.1. The Morgan fingerprint density at radius 2 is 1.16 bits per heavy atom. The van der Waals surface area contributed by atoms with Gasteiger partial charge in [0.25, 0.3) is 0 Å². The van der Waals surface area contributed by atoms with Crippen molar-refractivity contribution in [3.8, 4) is 0 Å². The van der Waals surface area contributed by atoms with Gasteiger partial charge in [-0.1, -0.05) is 22.9 Å². The molecule has 1 N–H and O–H groups in total. The summed E-state index contributed by atoms with van der Waals surface area (Å²) in [5.41, 5.74) is 1.50. The summed E-state index contributed by atoms with van der Waals surface area (Å²) in [6, 6.07) is 7.47. The van der Waals surface area contributed by atoms with Crippen LogP contribution in [0.25, 0.3) is 0 Å². The number of rotatable bonds is 31. The number of thiazole rings is 1. The second kappa shape index (κ2) is 28.4. The fourth-order valence-electron chi connectivity index (χ4n) is 3.33. The number of hydrogen-bond acceptors (Lipinski definition) is 15. The van der Waals surface area contributed by atoms with Gasteiger partial charge in [0.05, 0.1) is 136 Å². The smallest absolute Gasteiger partial charge is 0.231 e. The van der Waals surface area contributed by atoms with Crippen LogP contribution in [0.5, 0.6) is 0 Å². The first-order valence-corrected chi connectivity index (χ1v) is 16.2. The van der Waals surface area contributed by atoms with Gasteiger partial charge in [0.2, 0.25) is 5.13 Å². The molecular weight excluding hydrogens is 632 g/mol. The summed E-state index contributed by atoms with van der Waals surface area (Å²) >= 11 is 7.16. The molecular formula is C29H47ClN4O10S. The van der Waals surface area contributed by atoms with Crippen molar-refractivity contribution < 1.29 is 47.8 Å². The Kier molecular flexibility index (Phi) is 24.8. The van der Waals surface area contributed by atoms with Gasteiger partial charge in [0, 0.05) is 6.61 Å². The molecule has 1 aromatic carbocycles. The van der Waals surface area contributed by atoms with Crippen LogP contribution in [0.2, 0.25) is 4.34 Å². The molecule has 0 spiro atoms. The van der Waals surface area contributed by atoms with Gasteiger partial charge in [0.15, 0.2) is 0 Å². The van der Waals surface area contributed by atoms with Crippen molar-refractivity contribution in [2.45, 2.75) is 6.92 Å². The van der Waals surface area contributed by atoms with Crippen molar-refractivity contribution in [2.75, 3.05) is 131 Å². The first-order chi connectivity index (χ1) is 22.2. The number of aromatic nitrogens is 1. The Labute approximate surface area is 274 Å². The van der Waals surface area contributed by atoms with Crippen molar-refractivity contribution in [2.24, 2.45) is 10.2 Å². The number of azo groups is 1. The minimum Gasteiger partial charge on any atom is -0.394 e. The quantitative estimate of drug-likeness (QED) is 0.0697. The molecule has 14 nitrogen and oxygen atoms in total. The number of hydroxylamine groups is 1. The highest BCUT2D eigenvalue weighted by Gasteiger charge is 2.08. The predicted molar refractivity (Wildman–Crippen MR) is 170 cm³/mol. The van der Waals surface area contributed by atoms with E-state index in [0.29, 0.717) is 134 Å². The van der Waals surface area contributed by atoms with Crippen molar-refractivity contribution in [3.05, 3.63) is 34.8 Å². The molecule has 0 aliphatic heterocycles. The summed E-state index contributed by atoms with van der Waals surface area (Å²) in [5.74, 6) is 0. The van der Waals surface area contributed by atoms with Crippen LogP contribution < -0.4 is 5.06 Å². The van der Waals surface area contributed by atoms with Crippen molar-refractivity contribution in [3.63, 3.8) is 0 Å². The van der Waals surface area contributed by atoms with Crippen LogP contribution in [0.4, 0.5) is 16.5 Å². The van der Waals surface area contributed by atoms with E-state index in [1.165, 1.54) is 11.3 Å². The molecule has 2 aromatic rings. The highest BCUT2D eigenvalue weighted by atomic mass is 35.5. The maximum atomic E-state index is 8.66. The van der Waals surface area contributed by atoms with E-state index in [2.05, 4.69) is 15.2 Å². The molecule has 1 heterocycles. The molecule has 2 rings (SSSR count). The normalized spacial score (nSPS) is 11.6. The molecule has 0 aliphatic rings. The van der Waals surface area contributed by atoms with Gasteiger partial charge in [-0.05, 0) is 31.2 Å². The van der Waals surface area contributed by atoms with E-state index >= 15 is 0 Å². The topological polar surface area (TPSA) is 144 Å². The first kappa shape index (κ1) is 39.3. The molecule has 256 valence electrons. The number of hydrogen-bond donors (Lipinski definition) is 1. The summed E-state index contributed by atoms with van der Waals surface area (Å²) in [5, 5.41) is 19.2. The van der Waals surface area contributed by atoms with Crippen LogP contribution in [-0.2, 0) is 42.7 Å². The zero-order valence-electron chi connectivity index (χ0n) is 26.0. The highest BCUT2D eigenvalue weighted by molar-refractivity contribution is 7.19. The molecule has 0 bridgehead atoms. The number of aliphatic hydroxyl groups is 1. The Morgan fingerprint density at radius 1 is 0.667 bits per heavy atom. The molecule has 0 atom stereocenters. The zero-order valence-corrected chi connectivity index (χ0v) is 27.6. The summed E-state index contributed by atoms with van der Waals surface area (Å²) in [6.07, 6.45) is 1.54. The van der Waals surface area contributed by atoms with E-state index < -0.39 is 0 Å². The minimum atomic E-state index is 0.00867. The molecule has 45 heavy (non-hydrogen) atoms. The van der Waals surface area contributed by atoms with E-state index in [1.54, 1.807) is 11.3 Å². The van der Waals surface area contributed by atoms with E-state index in [9.17, 15) is 0 Å². The SMILES string of the molecule is CCOCCOCCOCCOCCON(CCOCCOCCOCCOCCO)c1ccc(/N=N/c2ncc(Cl)s2)cc1. The molecule has 1 aromatic heterocycles. The lowest BCUT2D eigenvalue weighted by Crippen LogP contribution is -2.30. The van der Waals surface area contributed by atoms with Gasteiger partial charge >= 0.3 is 0 Å². The first-order valence-electron chi connectivity index (χ1n) is 15.0. The fourth-order valence-corrected chi connectivity index (χ4v) is 4.05. The Bertz CT molecular complexity index is 947. The third kappa shape index (κ3) is 21.5. The average Bonchev–Trinajstić information content (AvgIpc) is 3.48. The van der Waals surface area contributed by atoms with E-state index in [1.807, 2.05) is 31.2 Å². The fraction of sp³-hybridized carbons (Fsp3) is 0.690. The van der Waals surface area contributed by atoms with Gasteiger partial charge in [-0.3, -0.25) is 9.90 Å². The predicted octanol–water partition coefficient (Wildman–Crippen LogP) is 4.09. The van der Waals surface area contributed by atoms with Crippen molar-refractivity contribution in [1.82, 2.24) is 4.98 Å². The minimum absolute atomic E-state index is 0.00867. The molecule has 0 amide bonds. The van der Waals surface area contributed by atoms with Crippen LogP contribution in [-0.4, -0.2) is 136 Å². The van der Waals surface area contributed by atoms with Crippen LogP contribution in [0.3, 0.4) is 0 Å².